The summed E-state index contributed by atoms with van der Waals surface area (Å²) in [5.41, 5.74) is 0.993. The van der Waals surface area contributed by atoms with E-state index in [1.54, 1.807) is 17.5 Å². The number of nitrogens with zero attached hydrogens (tertiary/aromatic N) is 3. The largest absolute Gasteiger partial charge is 0.373 e. The van der Waals surface area contributed by atoms with Crippen molar-refractivity contribution in [3.05, 3.63) is 56.2 Å². The van der Waals surface area contributed by atoms with Gasteiger partial charge in [-0.25, -0.2) is 9.97 Å². The maximum Gasteiger partial charge on any atom is 0.280 e. The number of carbonyl (C=O) groups is 1. The van der Waals surface area contributed by atoms with Crippen LogP contribution in [0.3, 0.4) is 0 Å². The molecular weight excluding hydrogens is 440 g/mol. The Kier molecular flexibility index (Phi) is 8.75. The number of rotatable bonds is 12. The number of pyridine rings is 1. The van der Waals surface area contributed by atoms with Crippen molar-refractivity contribution in [3.8, 4) is 0 Å². The van der Waals surface area contributed by atoms with E-state index >= 15 is 0 Å². The second-order valence-corrected chi connectivity index (χ2v) is 9.33. The van der Waals surface area contributed by atoms with Crippen molar-refractivity contribution in [1.82, 2.24) is 15.3 Å². The number of aromatic nitrogens is 2. The number of thiazole rings is 1. The number of amides is 1. The highest BCUT2D eigenvalue weighted by molar-refractivity contribution is 7.15. The lowest BCUT2D eigenvalue weighted by Crippen LogP contribution is -2.25. The van der Waals surface area contributed by atoms with Gasteiger partial charge < -0.3 is 15.5 Å². The summed E-state index contributed by atoms with van der Waals surface area (Å²) in [6, 6.07) is 7.83. The summed E-state index contributed by atoms with van der Waals surface area (Å²) >= 11 is 2.82. The average molecular weight is 471 g/mol. The molecule has 0 radical (unpaired) electrons. The Morgan fingerprint density at radius 2 is 2.06 bits per heavy atom. The zero-order valence-electron chi connectivity index (χ0n) is 18.8. The van der Waals surface area contributed by atoms with Gasteiger partial charge in [-0.2, -0.15) is 0 Å². The molecule has 0 unspecified atom stereocenters. The number of anilines is 2. The van der Waals surface area contributed by atoms with Crippen LogP contribution in [0.5, 0.6) is 0 Å². The van der Waals surface area contributed by atoms with Crippen molar-refractivity contribution in [2.45, 2.75) is 39.7 Å². The smallest absolute Gasteiger partial charge is 0.280 e. The van der Waals surface area contributed by atoms with E-state index in [0.29, 0.717) is 33.5 Å². The van der Waals surface area contributed by atoms with Crippen molar-refractivity contribution >= 4 is 45.9 Å². The van der Waals surface area contributed by atoms with Gasteiger partial charge in [0, 0.05) is 36.8 Å². The number of hydrogen-bond acceptors (Lipinski definition) is 8. The lowest BCUT2D eigenvalue weighted by atomic mass is 10.1. The highest BCUT2D eigenvalue weighted by Gasteiger charge is 2.18. The van der Waals surface area contributed by atoms with Crippen molar-refractivity contribution < 1.29 is 4.79 Å². The highest BCUT2D eigenvalue weighted by atomic mass is 32.1. The number of nitrogens with one attached hydrogen (secondary N) is 3. The molecule has 9 heteroatoms. The van der Waals surface area contributed by atoms with E-state index in [4.69, 9.17) is 10.4 Å². The molecule has 0 aliphatic rings. The summed E-state index contributed by atoms with van der Waals surface area (Å²) in [5, 5.41) is 17.0. The van der Waals surface area contributed by atoms with Crippen LogP contribution in [0.2, 0.25) is 0 Å². The molecule has 32 heavy (non-hydrogen) atoms. The van der Waals surface area contributed by atoms with Gasteiger partial charge in [0.2, 0.25) is 0 Å². The molecule has 0 bridgehead atoms. The van der Waals surface area contributed by atoms with Gasteiger partial charge in [0.05, 0.1) is 17.1 Å². The van der Waals surface area contributed by atoms with Gasteiger partial charge in [0.15, 0.2) is 5.01 Å². The number of unbranched alkanes of at least 4 members (excludes halogenated alkanes) is 2. The number of carbonyl (C=O) groups excluding carboxylic acids is 1. The second-order valence-electron chi connectivity index (χ2n) is 7.27. The summed E-state index contributed by atoms with van der Waals surface area (Å²) in [4.78, 5) is 25.4. The molecule has 3 rings (SSSR count). The van der Waals surface area contributed by atoms with Crippen LogP contribution in [0.25, 0.3) is 0 Å². The van der Waals surface area contributed by atoms with Crippen LogP contribution in [0.15, 0.2) is 35.8 Å². The third-order valence-electron chi connectivity index (χ3n) is 5.07. The maximum atomic E-state index is 12.4. The van der Waals surface area contributed by atoms with Crippen LogP contribution in [-0.2, 0) is 6.54 Å². The molecule has 7 nitrogen and oxygen atoms in total. The zero-order chi connectivity index (χ0) is 22.9. The van der Waals surface area contributed by atoms with Crippen LogP contribution in [0.4, 0.5) is 11.6 Å². The standard InChI is InChI=1S/C23H30N6OS2/c1-4-6-7-12-29(5-2)19-11-10-17(21(25-3)28-19)20(24)18-15-27-23(32-18)22(30)26-14-16-9-8-13-31-16/h8-11,13,15,24H,4-7,12,14H2,1-3H3,(H,25,28)(H,26,30). The first-order valence-corrected chi connectivity index (χ1v) is 12.6. The molecule has 0 atom stereocenters. The summed E-state index contributed by atoms with van der Waals surface area (Å²) in [6.07, 6.45) is 5.11. The predicted octanol–water partition coefficient (Wildman–Crippen LogP) is 5.00. The molecule has 3 aromatic heterocycles. The third kappa shape index (κ3) is 5.92. The Bertz CT molecular complexity index is 1030. The lowest BCUT2D eigenvalue weighted by Gasteiger charge is -2.23. The van der Waals surface area contributed by atoms with Gasteiger partial charge in [0.25, 0.3) is 5.91 Å². The molecule has 1 amide bonds. The van der Waals surface area contributed by atoms with Crippen LogP contribution in [0, 0.1) is 5.41 Å². The molecule has 0 saturated carbocycles. The molecule has 3 heterocycles. The van der Waals surface area contributed by atoms with Gasteiger partial charge in [-0.05, 0) is 36.9 Å². The van der Waals surface area contributed by atoms with Crippen LogP contribution in [-0.4, -0.2) is 41.7 Å². The molecule has 0 spiro atoms. The monoisotopic (exact) mass is 470 g/mol. The van der Waals surface area contributed by atoms with E-state index in [1.807, 2.05) is 36.7 Å². The van der Waals surface area contributed by atoms with E-state index in [-0.39, 0.29) is 5.91 Å². The van der Waals surface area contributed by atoms with Crippen LogP contribution < -0.4 is 15.5 Å². The van der Waals surface area contributed by atoms with Gasteiger partial charge in [0.1, 0.15) is 11.6 Å². The molecule has 170 valence electrons. The fourth-order valence-corrected chi connectivity index (χ4v) is 4.73. The topological polar surface area (TPSA) is 94.0 Å². The van der Waals surface area contributed by atoms with Crippen molar-refractivity contribution in [3.63, 3.8) is 0 Å². The minimum Gasteiger partial charge on any atom is -0.373 e. The van der Waals surface area contributed by atoms with Gasteiger partial charge in [-0.1, -0.05) is 25.8 Å². The Labute approximate surface area is 197 Å². The summed E-state index contributed by atoms with van der Waals surface area (Å²) in [5.74, 6) is 1.33. The van der Waals surface area contributed by atoms with E-state index in [9.17, 15) is 4.79 Å². The van der Waals surface area contributed by atoms with E-state index < -0.39 is 0 Å². The molecule has 3 N–H and O–H groups in total. The summed E-state index contributed by atoms with van der Waals surface area (Å²) < 4.78 is 0. The zero-order valence-corrected chi connectivity index (χ0v) is 20.4. The minimum atomic E-state index is -0.226. The van der Waals surface area contributed by atoms with Gasteiger partial charge >= 0.3 is 0 Å². The second kappa shape index (κ2) is 11.7. The Balaban J connectivity index is 1.72. The third-order valence-corrected chi connectivity index (χ3v) is 6.96. The Morgan fingerprint density at radius 3 is 2.75 bits per heavy atom. The molecule has 0 aliphatic heterocycles. The van der Waals surface area contributed by atoms with E-state index in [1.165, 1.54) is 24.2 Å². The summed E-state index contributed by atoms with van der Waals surface area (Å²) in [7, 11) is 1.81. The first kappa shape index (κ1) is 23.9. The first-order chi connectivity index (χ1) is 15.6. The lowest BCUT2D eigenvalue weighted by molar-refractivity contribution is 0.0951. The fourth-order valence-electron chi connectivity index (χ4n) is 3.29. The number of hydrogen-bond donors (Lipinski definition) is 3. The molecule has 0 aliphatic carbocycles. The quantitative estimate of drug-likeness (QED) is 0.256. The molecule has 3 aromatic rings. The van der Waals surface area contributed by atoms with Gasteiger partial charge in [-0.15, -0.1) is 22.7 Å². The summed E-state index contributed by atoms with van der Waals surface area (Å²) in [6.45, 7) is 6.66. The fraction of sp³-hybridized carbons (Fsp3) is 0.391. The molecule has 0 saturated heterocycles. The van der Waals surface area contributed by atoms with Crippen molar-refractivity contribution in [2.75, 3.05) is 30.4 Å². The Morgan fingerprint density at radius 1 is 1.22 bits per heavy atom. The number of thiophene rings is 1. The van der Waals surface area contributed by atoms with Crippen LogP contribution >= 0.6 is 22.7 Å². The molecule has 0 aromatic carbocycles. The van der Waals surface area contributed by atoms with Gasteiger partial charge in [-0.3, -0.25) is 10.2 Å². The Hall–Kier alpha value is -2.78. The normalized spacial score (nSPS) is 10.7. The predicted molar refractivity (Wildman–Crippen MR) is 135 cm³/mol. The van der Waals surface area contributed by atoms with E-state index in [0.717, 1.165) is 30.2 Å². The van der Waals surface area contributed by atoms with Crippen molar-refractivity contribution in [2.24, 2.45) is 0 Å². The van der Waals surface area contributed by atoms with Crippen LogP contribution in [0.1, 0.15) is 58.2 Å². The molecule has 0 fully saturated rings. The minimum absolute atomic E-state index is 0.226. The average Bonchev–Trinajstić information content (AvgIpc) is 3.52. The SMILES string of the molecule is CCCCCN(CC)c1ccc(C(=N)c2cnc(C(=O)NCc3cccs3)s2)c(NC)n1. The first-order valence-electron chi connectivity index (χ1n) is 10.9. The maximum absolute atomic E-state index is 12.4. The van der Waals surface area contributed by atoms with Crippen molar-refractivity contribution in [1.29, 1.82) is 5.41 Å². The van der Waals surface area contributed by atoms with E-state index in [2.05, 4.69) is 34.4 Å². The molecular formula is C23H30N6OS2. The highest BCUT2D eigenvalue weighted by Crippen LogP contribution is 2.25.